The van der Waals surface area contributed by atoms with Gasteiger partial charge < -0.3 is 10.1 Å². The van der Waals surface area contributed by atoms with Crippen LogP contribution in [-0.4, -0.2) is 7.11 Å². The van der Waals surface area contributed by atoms with E-state index in [-0.39, 0.29) is 11.3 Å². The summed E-state index contributed by atoms with van der Waals surface area (Å²) < 4.78 is 32.2. The van der Waals surface area contributed by atoms with Crippen LogP contribution < -0.4 is 10.1 Å². The van der Waals surface area contributed by atoms with E-state index in [0.717, 1.165) is 5.56 Å². The summed E-state index contributed by atoms with van der Waals surface area (Å²) >= 11 is 0. The first kappa shape index (κ1) is 13.8. The van der Waals surface area contributed by atoms with Gasteiger partial charge in [0.1, 0.15) is 11.8 Å². The number of nitrogens with one attached hydrogen (secondary N) is 1. The summed E-state index contributed by atoms with van der Waals surface area (Å²) in [6, 6.07) is 11.4. The van der Waals surface area contributed by atoms with Crippen LogP contribution in [0.15, 0.2) is 36.4 Å². The topological polar surface area (TPSA) is 45.0 Å². The summed E-state index contributed by atoms with van der Waals surface area (Å²) in [6.07, 6.45) is 0. The van der Waals surface area contributed by atoms with E-state index in [4.69, 9.17) is 10.00 Å². The van der Waals surface area contributed by atoms with E-state index in [1.165, 1.54) is 12.1 Å². The molecular formula is C15H12F2N2O. The number of hydrogen-bond acceptors (Lipinski definition) is 3. The Kier molecular flexibility index (Phi) is 4.16. The second kappa shape index (κ2) is 6.02. The van der Waals surface area contributed by atoms with Gasteiger partial charge >= 0.3 is 0 Å². The van der Waals surface area contributed by atoms with Gasteiger partial charge in [-0.2, -0.15) is 5.26 Å². The smallest absolute Gasteiger partial charge is 0.183 e. The van der Waals surface area contributed by atoms with Gasteiger partial charge in [0.2, 0.25) is 0 Å². The van der Waals surface area contributed by atoms with Gasteiger partial charge in [-0.05, 0) is 29.8 Å². The van der Waals surface area contributed by atoms with Crippen molar-refractivity contribution < 1.29 is 13.5 Å². The van der Waals surface area contributed by atoms with E-state index in [2.05, 4.69) is 5.32 Å². The molecule has 0 aliphatic heterocycles. The standard InChI is InChI=1S/C15H12F2N2O/c1-20-12-4-2-3-10(7-12)9-19-13-6-5-11(8-18)14(16)15(13)17/h2-7,19H,9H2,1H3. The molecule has 0 unspecified atom stereocenters. The van der Waals surface area contributed by atoms with Crippen LogP contribution in [0.5, 0.6) is 5.75 Å². The SMILES string of the molecule is COc1cccc(CNc2ccc(C#N)c(F)c2F)c1. The van der Waals surface area contributed by atoms with Gasteiger partial charge in [0, 0.05) is 6.54 Å². The summed E-state index contributed by atoms with van der Waals surface area (Å²) in [5.41, 5.74) is 0.576. The Balaban J connectivity index is 2.15. The fraction of sp³-hybridized carbons (Fsp3) is 0.133. The zero-order chi connectivity index (χ0) is 14.5. The fourth-order valence-electron chi connectivity index (χ4n) is 1.75. The van der Waals surface area contributed by atoms with Crippen LogP contribution in [0.2, 0.25) is 0 Å². The van der Waals surface area contributed by atoms with E-state index in [1.54, 1.807) is 25.3 Å². The first-order valence-electron chi connectivity index (χ1n) is 5.90. The Labute approximate surface area is 115 Å². The molecule has 2 aromatic rings. The lowest BCUT2D eigenvalue weighted by atomic mass is 10.1. The molecule has 2 aromatic carbocycles. The van der Waals surface area contributed by atoms with Crippen LogP contribution in [-0.2, 0) is 6.54 Å². The first-order valence-corrected chi connectivity index (χ1v) is 5.90. The molecular weight excluding hydrogens is 262 g/mol. The second-order valence-corrected chi connectivity index (χ2v) is 4.11. The first-order chi connectivity index (χ1) is 9.65. The summed E-state index contributed by atoms with van der Waals surface area (Å²) in [7, 11) is 1.56. The monoisotopic (exact) mass is 274 g/mol. The Morgan fingerprint density at radius 2 is 2.00 bits per heavy atom. The van der Waals surface area contributed by atoms with E-state index < -0.39 is 11.6 Å². The molecule has 1 N–H and O–H groups in total. The minimum Gasteiger partial charge on any atom is -0.497 e. The highest BCUT2D eigenvalue weighted by atomic mass is 19.2. The van der Waals surface area contributed by atoms with Crippen molar-refractivity contribution in [2.24, 2.45) is 0 Å². The third kappa shape index (κ3) is 2.86. The molecule has 20 heavy (non-hydrogen) atoms. The van der Waals surface area contributed by atoms with Crippen molar-refractivity contribution in [3.8, 4) is 11.8 Å². The molecule has 0 heterocycles. The third-order valence-corrected chi connectivity index (χ3v) is 2.82. The molecule has 0 aromatic heterocycles. The quantitative estimate of drug-likeness (QED) is 0.928. The normalized spacial score (nSPS) is 9.90. The number of benzene rings is 2. The van der Waals surface area contributed by atoms with E-state index in [1.807, 2.05) is 12.1 Å². The largest absolute Gasteiger partial charge is 0.497 e. The van der Waals surface area contributed by atoms with Crippen molar-refractivity contribution >= 4 is 5.69 Å². The number of nitrogens with zero attached hydrogens (tertiary/aromatic N) is 1. The highest BCUT2D eigenvalue weighted by Crippen LogP contribution is 2.21. The molecule has 0 fully saturated rings. The minimum absolute atomic E-state index is 0.0179. The van der Waals surface area contributed by atoms with Crippen LogP contribution in [0.25, 0.3) is 0 Å². The third-order valence-electron chi connectivity index (χ3n) is 2.82. The van der Waals surface area contributed by atoms with Crippen LogP contribution in [0.3, 0.4) is 0 Å². The lowest BCUT2D eigenvalue weighted by molar-refractivity contribution is 0.414. The summed E-state index contributed by atoms with van der Waals surface area (Å²) in [4.78, 5) is 0. The maximum Gasteiger partial charge on any atom is 0.183 e. The van der Waals surface area contributed by atoms with Crippen molar-refractivity contribution in [1.82, 2.24) is 0 Å². The molecule has 0 saturated carbocycles. The van der Waals surface area contributed by atoms with E-state index in [0.29, 0.717) is 12.3 Å². The highest BCUT2D eigenvalue weighted by molar-refractivity contribution is 5.50. The molecule has 0 amide bonds. The number of methoxy groups -OCH3 is 1. The number of ether oxygens (including phenoxy) is 1. The van der Waals surface area contributed by atoms with Gasteiger partial charge in [-0.25, -0.2) is 8.78 Å². The number of hydrogen-bond donors (Lipinski definition) is 1. The molecule has 3 nitrogen and oxygen atoms in total. The van der Waals surface area contributed by atoms with Gasteiger partial charge in [0.05, 0.1) is 18.4 Å². The highest BCUT2D eigenvalue weighted by Gasteiger charge is 2.12. The maximum atomic E-state index is 13.7. The predicted octanol–water partition coefficient (Wildman–Crippen LogP) is 3.46. The zero-order valence-electron chi connectivity index (χ0n) is 10.8. The average Bonchev–Trinajstić information content (AvgIpc) is 2.49. The van der Waals surface area contributed by atoms with Crippen molar-refractivity contribution in [3.63, 3.8) is 0 Å². The van der Waals surface area contributed by atoms with Crippen LogP contribution in [0.4, 0.5) is 14.5 Å². The van der Waals surface area contributed by atoms with Gasteiger partial charge in [-0.1, -0.05) is 12.1 Å². The van der Waals surface area contributed by atoms with Gasteiger partial charge in [-0.3, -0.25) is 0 Å². The maximum absolute atomic E-state index is 13.7. The Hall–Kier alpha value is -2.61. The Morgan fingerprint density at radius 1 is 1.20 bits per heavy atom. The lowest BCUT2D eigenvalue weighted by Gasteiger charge is -2.09. The molecule has 0 spiro atoms. The number of anilines is 1. The van der Waals surface area contributed by atoms with Gasteiger partial charge in [0.15, 0.2) is 11.6 Å². The molecule has 0 aliphatic carbocycles. The molecule has 5 heteroatoms. The fourth-order valence-corrected chi connectivity index (χ4v) is 1.75. The van der Waals surface area contributed by atoms with E-state index in [9.17, 15) is 8.78 Å². The van der Waals surface area contributed by atoms with Crippen molar-refractivity contribution in [3.05, 3.63) is 59.2 Å². The zero-order valence-corrected chi connectivity index (χ0v) is 10.8. The van der Waals surface area contributed by atoms with Crippen molar-refractivity contribution in [1.29, 1.82) is 5.26 Å². The van der Waals surface area contributed by atoms with Crippen LogP contribution in [0.1, 0.15) is 11.1 Å². The number of halogens is 2. The van der Waals surface area contributed by atoms with Crippen LogP contribution >= 0.6 is 0 Å². The Morgan fingerprint density at radius 3 is 2.70 bits per heavy atom. The molecule has 0 aliphatic rings. The van der Waals surface area contributed by atoms with Crippen LogP contribution in [0, 0.1) is 23.0 Å². The average molecular weight is 274 g/mol. The summed E-state index contributed by atoms with van der Waals surface area (Å²) in [5.74, 6) is -1.49. The predicted molar refractivity (Wildman–Crippen MR) is 71.4 cm³/mol. The molecule has 0 radical (unpaired) electrons. The lowest BCUT2D eigenvalue weighted by Crippen LogP contribution is -2.04. The van der Waals surface area contributed by atoms with Gasteiger partial charge in [-0.15, -0.1) is 0 Å². The molecule has 0 saturated heterocycles. The molecule has 0 atom stereocenters. The summed E-state index contributed by atoms with van der Waals surface area (Å²) in [6.45, 7) is 0.319. The number of nitriles is 1. The number of rotatable bonds is 4. The minimum atomic E-state index is -1.14. The van der Waals surface area contributed by atoms with Crippen molar-refractivity contribution in [2.75, 3.05) is 12.4 Å². The summed E-state index contributed by atoms with van der Waals surface area (Å²) in [5, 5.41) is 11.4. The van der Waals surface area contributed by atoms with E-state index >= 15 is 0 Å². The molecule has 2 rings (SSSR count). The molecule has 0 bridgehead atoms. The second-order valence-electron chi connectivity index (χ2n) is 4.11. The molecule has 102 valence electrons. The Bertz CT molecular complexity index is 665. The van der Waals surface area contributed by atoms with Gasteiger partial charge in [0.25, 0.3) is 0 Å². The van der Waals surface area contributed by atoms with Crippen molar-refractivity contribution in [2.45, 2.75) is 6.54 Å².